The van der Waals surface area contributed by atoms with Crippen LogP contribution >= 0.6 is 11.6 Å². The number of aliphatic hydroxyl groups is 1. The van der Waals surface area contributed by atoms with Crippen molar-refractivity contribution in [3.05, 3.63) is 112 Å². The van der Waals surface area contributed by atoms with Crippen molar-refractivity contribution in [2.24, 2.45) is 0 Å². The van der Waals surface area contributed by atoms with Gasteiger partial charge in [-0.1, -0.05) is 66.2 Å². The van der Waals surface area contributed by atoms with Crippen LogP contribution in [-0.2, 0) is 19.6 Å². The van der Waals surface area contributed by atoms with Gasteiger partial charge in [-0.15, -0.1) is 0 Å². The van der Waals surface area contributed by atoms with Gasteiger partial charge in [0, 0.05) is 42.2 Å². The molecule has 190 valence electrons. The lowest BCUT2D eigenvalue weighted by atomic mass is 9.97. The van der Waals surface area contributed by atoms with E-state index in [1.807, 2.05) is 37.3 Å². The van der Waals surface area contributed by atoms with E-state index in [4.69, 9.17) is 21.1 Å². The Morgan fingerprint density at radius 1 is 1.05 bits per heavy atom. The van der Waals surface area contributed by atoms with Gasteiger partial charge in [0.15, 0.2) is 0 Å². The lowest BCUT2D eigenvalue weighted by molar-refractivity contribution is 0.206. The van der Waals surface area contributed by atoms with Crippen LogP contribution in [0.15, 0.2) is 85.2 Å². The Hall–Kier alpha value is -3.38. The summed E-state index contributed by atoms with van der Waals surface area (Å²) in [6.07, 6.45) is 5.29. The molecule has 0 saturated heterocycles. The molecule has 1 aliphatic carbocycles. The molecule has 4 aromatic rings. The van der Waals surface area contributed by atoms with Crippen LogP contribution in [0.3, 0.4) is 0 Å². The highest BCUT2D eigenvalue weighted by molar-refractivity contribution is 6.32. The van der Waals surface area contributed by atoms with Crippen LogP contribution in [0.1, 0.15) is 41.7 Å². The lowest BCUT2D eigenvalue weighted by Gasteiger charge is -2.20. The number of aliphatic hydroxyl groups excluding tert-OH is 1. The molecule has 2 N–H and O–H groups in total. The number of hydrogen-bond donors (Lipinski definition) is 2. The number of ether oxygens (including phenoxy) is 2. The lowest BCUT2D eigenvalue weighted by Crippen LogP contribution is -2.28. The Kier molecular flexibility index (Phi) is 8.05. The van der Waals surface area contributed by atoms with Crippen molar-refractivity contribution in [2.75, 3.05) is 6.61 Å². The largest absolute Gasteiger partial charge is 0.488 e. The van der Waals surface area contributed by atoms with E-state index in [2.05, 4.69) is 52.8 Å². The summed E-state index contributed by atoms with van der Waals surface area (Å²) in [5.74, 6) is 1.29. The second-order valence-electron chi connectivity index (χ2n) is 9.39. The summed E-state index contributed by atoms with van der Waals surface area (Å²) in [5, 5.41) is 13.3. The molecule has 5 nitrogen and oxygen atoms in total. The third-order valence-electron chi connectivity index (χ3n) is 6.72. The fourth-order valence-electron chi connectivity index (χ4n) is 4.71. The van der Waals surface area contributed by atoms with E-state index < -0.39 is 0 Å². The van der Waals surface area contributed by atoms with E-state index in [9.17, 15) is 5.11 Å². The van der Waals surface area contributed by atoms with Crippen molar-refractivity contribution in [1.82, 2.24) is 10.3 Å². The molecule has 0 spiro atoms. The fraction of sp³-hybridized carbons (Fsp3) is 0.258. The standard InChI is InChI=1S/C31H31ClN2O3/c1-21(19-35)34-18-24-15-28(32)31(16-30(24)36-20-22-7-6-14-33-17-22)37-29-13-12-26-25(10-5-11-27(26)29)23-8-3-2-4-9-23/h2-11,14-17,21,29,34-35H,12-13,18-20H2,1H3/t21-,29?/m1/s1. The predicted molar refractivity (Wildman–Crippen MR) is 147 cm³/mol. The Bertz CT molecular complexity index is 1330. The van der Waals surface area contributed by atoms with Crippen molar-refractivity contribution in [2.45, 2.75) is 45.1 Å². The quantitative estimate of drug-likeness (QED) is 0.252. The number of nitrogens with one attached hydrogen (secondary N) is 1. The fourth-order valence-corrected chi connectivity index (χ4v) is 4.94. The summed E-state index contributed by atoms with van der Waals surface area (Å²) in [5.41, 5.74) is 6.90. The number of rotatable bonds is 10. The zero-order valence-electron chi connectivity index (χ0n) is 20.9. The van der Waals surface area contributed by atoms with Gasteiger partial charge >= 0.3 is 0 Å². The second kappa shape index (κ2) is 11.8. The molecule has 1 heterocycles. The zero-order chi connectivity index (χ0) is 25.6. The van der Waals surface area contributed by atoms with Gasteiger partial charge in [-0.05, 0) is 54.2 Å². The molecule has 5 rings (SSSR count). The van der Waals surface area contributed by atoms with Gasteiger partial charge in [0.05, 0.1) is 11.6 Å². The van der Waals surface area contributed by atoms with E-state index in [0.29, 0.717) is 29.7 Å². The van der Waals surface area contributed by atoms with Crippen molar-refractivity contribution in [3.63, 3.8) is 0 Å². The molecule has 0 saturated carbocycles. The molecular weight excluding hydrogens is 484 g/mol. The van der Waals surface area contributed by atoms with Gasteiger partial charge in [-0.3, -0.25) is 4.98 Å². The number of fused-ring (bicyclic) bond motifs is 1. The van der Waals surface area contributed by atoms with Crippen LogP contribution in [0.25, 0.3) is 11.1 Å². The van der Waals surface area contributed by atoms with E-state index in [1.165, 1.54) is 22.3 Å². The number of halogens is 1. The van der Waals surface area contributed by atoms with Gasteiger partial charge in [-0.25, -0.2) is 0 Å². The summed E-state index contributed by atoms with van der Waals surface area (Å²) in [6.45, 7) is 2.87. The molecule has 1 aliphatic rings. The normalized spacial score (nSPS) is 15.3. The molecule has 0 bridgehead atoms. The number of pyridine rings is 1. The van der Waals surface area contributed by atoms with E-state index in [0.717, 1.165) is 24.0 Å². The first-order chi connectivity index (χ1) is 18.1. The Labute approximate surface area is 223 Å². The summed E-state index contributed by atoms with van der Waals surface area (Å²) in [7, 11) is 0. The topological polar surface area (TPSA) is 63.6 Å². The smallest absolute Gasteiger partial charge is 0.142 e. The molecular formula is C31H31ClN2O3. The summed E-state index contributed by atoms with van der Waals surface area (Å²) in [4.78, 5) is 4.17. The van der Waals surface area contributed by atoms with E-state index >= 15 is 0 Å². The van der Waals surface area contributed by atoms with Gasteiger partial charge < -0.3 is 19.9 Å². The maximum Gasteiger partial charge on any atom is 0.142 e. The predicted octanol–water partition coefficient (Wildman–Crippen LogP) is 6.52. The molecule has 0 amide bonds. The average molecular weight is 515 g/mol. The van der Waals surface area contributed by atoms with Gasteiger partial charge in [-0.2, -0.15) is 0 Å². The third kappa shape index (κ3) is 5.96. The Morgan fingerprint density at radius 2 is 1.92 bits per heavy atom. The molecule has 2 atom stereocenters. The molecule has 0 radical (unpaired) electrons. The van der Waals surface area contributed by atoms with Gasteiger partial charge in [0.1, 0.15) is 24.2 Å². The number of benzene rings is 3. The van der Waals surface area contributed by atoms with Crippen molar-refractivity contribution >= 4 is 11.6 Å². The first-order valence-electron chi connectivity index (χ1n) is 12.6. The van der Waals surface area contributed by atoms with Gasteiger partial charge in [0.25, 0.3) is 0 Å². The summed E-state index contributed by atoms with van der Waals surface area (Å²) < 4.78 is 12.7. The minimum atomic E-state index is -0.0827. The molecule has 1 aromatic heterocycles. The maximum atomic E-state index is 9.42. The van der Waals surface area contributed by atoms with Crippen LogP contribution in [0.2, 0.25) is 5.02 Å². The highest BCUT2D eigenvalue weighted by Crippen LogP contribution is 2.42. The number of nitrogens with zero attached hydrogens (tertiary/aromatic N) is 1. The molecule has 6 heteroatoms. The SMILES string of the molecule is C[C@H](CO)NCc1cc(Cl)c(OC2CCc3c(-c4ccccc4)cccc32)cc1OCc1cccnc1. The van der Waals surface area contributed by atoms with Crippen molar-refractivity contribution in [1.29, 1.82) is 0 Å². The first-order valence-corrected chi connectivity index (χ1v) is 13.0. The second-order valence-corrected chi connectivity index (χ2v) is 9.80. The summed E-state index contributed by atoms with van der Waals surface area (Å²) in [6, 6.07) is 24.5. The van der Waals surface area contributed by atoms with Crippen LogP contribution in [-0.4, -0.2) is 22.7 Å². The van der Waals surface area contributed by atoms with Crippen LogP contribution in [0.5, 0.6) is 11.5 Å². The Balaban J connectivity index is 1.40. The van der Waals surface area contributed by atoms with E-state index in [-0.39, 0.29) is 18.8 Å². The van der Waals surface area contributed by atoms with E-state index in [1.54, 1.807) is 12.4 Å². The maximum absolute atomic E-state index is 9.42. The van der Waals surface area contributed by atoms with Crippen LogP contribution in [0.4, 0.5) is 0 Å². The highest BCUT2D eigenvalue weighted by Gasteiger charge is 2.27. The molecule has 0 fully saturated rings. The number of aromatic nitrogens is 1. The first kappa shape index (κ1) is 25.3. The summed E-state index contributed by atoms with van der Waals surface area (Å²) >= 11 is 6.73. The van der Waals surface area contributed by atoms with Crippen molar-refractivity contribution in [3.8, 4) is 22.6 Å². The van der Waals surface area contributed by atoms with Crippen molar-refractivity contribution < 1.29 is 14.6 Å². The molecule has 37 heavy (non-hydrogen) atoms. The number of hydrogen-bond acceptors (Lipinski definition) is 5. The molecule has 0 aliphatic heterocycles. The highest BCUT2D eigenvalue weighted by atomic mass is 35.5. The molecule has 3 aromatic carbocycles. The molecule has 1 unspecified atom stereocenters. The minimum absolute atomic E-state index is 0.0466. The monoisotopic (exact) mass is 514 g/mol. The Morgan fingerprint density at radius 3 is 2.70 bits per heavy atom. The minimum Gasteiger partial charge on any atom is -0.488 e. The zero-order valence-corrected chi connectivity index (χ0v) is 21.6. The van der Waals surface area contributed by atoms with Crippen LogP contribution < -0.4 is 14.8 Å². The van der Waals surface area contributed by atoms with Gasteiger partial charge in [0.2, 0.25) is 0 Å². The van der Waals surface area contributed by atoms with Crippen LogP contribution in [0, 0.1) is 0 Å². The third-order valence-corrected chi connectivity index (χ3v) is 7.01. The average Bonchev–Trinajstić information content (AvgIpc) is 3.36.